The third-order valence-electron chi connectivity index (χ3n) is 3.16. The first-order chi connectivity index (χ1) is 9.29. The molecule has 104 valence electrons. The number of benzene rings is 1. The van der Waals surface area contributed by atoms with Gasteiger partial charge in [-0.05, 0) is 17.7 Å². The summed E-state index contributed by atoms with van der Waals surface area (Å²) in [4.78, 5) is 14.2. The summed E-state index contributed by atoms with van der Waals surface area (Å²) in [5.41, 5.74) is 1.63. The first-order valence-electron chi connectivity index (χ1n) is 6.53. The van der Waals surface area contributed by atoms with E-state index in [2.05, 4.69) is 10.2 Å². The van der Waals surface area contributed by atoms with Crippen molar-refractivity contribution in [1.82, 2.24) is 10.2 Å². The molecule has 1 N–H and O–H groups in total. The molecule has 1 fully saturated rings. The highest BCUT2D eigenvalue weighted by Crippen LogP contribution is 2.07. The van der Waals surface area contributed by atoms with Crippen molar-refractivity contribution in [3.05, 3.63) is 35.4 Å². The number of alkyl halides is 1. The molecule has 1 amide bonds. The standard InChI is InChI=1S/C14H19ClN2O2/c15-11-12-2-1-3-13(10-12)14(18)16-4-5-17-6-8-19-9-7-17/h1-3,10H,4-9,11H2,(H,16,18). The lowest BCUT2D eigenvalue weighted by atomic mass is 10.1. The van der Waals surface area contributed by atoms with Gasteiger partial charge in [0.2, 0.25) is 0 Å². The molecule has 0 unspecified atom stereocenters. The molecule has 0 saturated carbocycles. The number of ether oxygens (including phenoxy) is 1. The van der Waals surface area contributed by atoms with Crippen molar-refractivity contribution in [1.29, 1.82) is 0 Å². The fourth-order valence-electron chi connectivity index (χ4n) is 2.05. The second-order valence-corrected chi connectivity index (χ2v) is 4.81. The van der Waals surface area contributed by atoms with E-state index in [0.717, 1.165) is 38.4 Å². The predicted octanol–water partition coefficient (Wildman–Crippen LogP) is 1.49. The Bertz CT molecular complexity index is 420. The second-order valence-electron chi connectivity index (χ2n) is 4.54. The van der Waals surface area contributed by atoms with Gasteiger partial charge in [-0.2, -0.15) is 0 Å². The average Bonchev–Trinajstić information content (AvgIpc) is 2.48. The van der Waals surface area contributed by atoms with Gasteiger partial charge >= 0.3 is 0 Å². The van der Waals surface area contributed by atoms with Gasteiger partial charge in [0.05, 0.1) is 13.2 Å². The van der Waals surface area contributed by atoms with Crippen LogP contribution >= 0.6 is 11.6 Å². The minimum absolute atomic E-state index is 0.0415. The Morgan fingerprint density at radius 2 is 2.16 bits per heavy atom. The summed E-state index contributed by atoms with van der Waals surface area (Å²) in [5, 5.41) is 2.93. The Morgan fingerprint density at radius 3 is 2.89 bits per heavy atom. The summed E-state index contributed by atoms with van der Waals surface area (Å²) >= 11 is 5.76. The van der Waals surface area contributed by atoms with E-state index >= 15 is 0 Å². The van der Waals surface area contributed by atoms with E-state index in [1.54, 1.807) is 6.07 Å². The van der Waals surface area contributed by atoms with Crippen LogP contribution in [0.3, 0.4) is 0 Å². The van der Waals surface area contributed by atoms with Crippen LogP contribution in [0, 0.1) is 0 Å². The molecule has 1 heterocycles. The van der Waals surface area contributed by atoms with Crippen molar-refractivity contribution in [3.8, 4) is 0 Å². The molecule has 0 spiro atoms. The lowest BCUT2D eigenvalue weighted by Gasteiger charge is -2.26. The third kappa shape index (κ3) is 4.49. The average molecular weight is 283 g/mol. The van der Waals surface area contributed by atoms with Crippen LogP contribution < -0.4 is 5.32 Å². The van der Waals surface area contributed by atoms with Crippen LogP contribution in [0.5, 0.6) is 0 Å². The molecule has 19 heavy (non-hydrogen) atoms. The van der Waals surface area contributed by atoms with E-state index in [1.807, 2.05) is 18.2 Å². The SMILES string of the molecule is O=C(NCCN1CCOCC1)c1cccc(CCl)c1. The zero-order chi connectivity index (χ0) is 13.5. The number of nitrogens with zero attached hydrogens (tertiary/aromatic N) is 1. The highest BCUT2D eigenvalue weighted by Gasteiger charge is 2.10. The van der Waals surface area contributed by atoms with Crippen LogP contribution in [-0.4, -0.2) is 50.2 Å². The van der Waals surface area contributed by atoms with Gasteiger partial charge in [-0.3, -0.25) is 9.69 Å². The molecule has 0 aliphatic carbocycles. The molecule has 5 heteroatoms. The van der Waals surface area contributed by atoms with Gasteiger partial charge in [0.25, 0.3) is 5.91 Å². The van der Waals surface area contributed by atoms with Gasteiger partial charge in [0, 0.05) is 37.6 Å². The quantitative estimate of drug-likeness (QED) is 0.832. The molecule has 0 radical (unpaired) electrons. The fraction of sp³-hybridized carbons (Fsp3) is 0.500. The Hall–Kier alpha value is -1.10. The topological polar surface area (TPSA) is 41.6 Å². The van der Waals surface area contributed by atoms with Gasteiger partial charge in [0.15, 0.2) is 0 Å². The Kier molecular flexibility index (Phi) is 5.63. The summed E-state index contributed by atoms with van der Waals surface area (Å²) < 4.78 is 5.28. The molecule has 0 bridgehead atoms. The zero-order valence-corrected chi connectivity index (χ0v) is 11.7. The smallest absolute Gasteiger partial charge is 0.251 e. The van der Waals surface area contributed by atoms with Gasteiger partial charge in [-0.15, -0.1) is 11.6 Å². The van der Waals surface area contributed by atoms with Crippen molar-refractivity contribution in [2.24, 2.45) is 0 Å². The minimum Gasteiger partial charge on any atom is -0.379 e. The maximum Gasteiger partial charge on any atom is 0.251 e. The molecular weight excluding hydrogens is 264 g/mol. The molecule has 1 saturated heterocycles. The number of rotatable bonds is 5. The normalized spacial score (nSPS) is 16.3. The van der Waals surface area contributed by atoms with E-state index in [0.29, 0.717) is 18.0 Å². The summed E-state index contributed by atoms with van der Waals surface area (Å²) in [6, 6.07) is 7.41. The van der Waals surface area contributed by atoms with E-state index in [1.165, 1.54) is 0 Å². The minimum atomic E-state index is -0.0415. The summed E-state index contributed by atoms with van der Waals surface area (Å²) in [7, 11) is 0. The van der Waals surface area contributed by atoms with Crippen molar-refractivity contribution in [2.45, 2.75) is 5.88 Å². The molecule has 1 aliphatic heterocycles. The molecule has 1 aromatic carbocycles. The van der Waals surface area contributed by atoms with Crippen LogP contribution in [0.2, 0.25) is 0 Å². The summed E-state index contributed by atoms with van der Waals surface area (Å²) in [6.45, 7) is 4.97. The van der Waals surface area contributed by atoms with Crippen molar-refractivity contribution in [2.75, 3.05) is 39.4 Å². The first-order valence-corrected chi connectivity index (χ1v) is 7.06. The van der Waals surface area contributed by atoms with E-state index < -0.39 is 0 Å². The number of nitrogens with one attached hydrogen (secondary N) is 1. The Balaban J connectivity index is 1.77. The third-order valence-corrected chi connectivity index (χ3v) is 3.47. The largest absolute Gasteiger partial charge is 0.379 e. The lowest BCUT2D eigenvalue weighted by Crippen LogP contribution is -2.41. The maximum absolute atomic E-state index is 12.0. The lowest BCUT2D eigenvalue weighted by molar-refractivity contribution is 0.0383. The van der Waals surface area contributed by atoms with Crippen molar-refractivity contribution < 1.29 is 9.53 Å². The van der Waals surface area contributed by atoms with E-state index in [9.17, 15) is 4.79 Å². The molecule has 1 aromatic rings. The summed E-state index contributed by atoms with van der Waals surface area (Å²) in [5.74, 6) is 0.384. The zero-order valence-electron chi connectivity index (χ0n) is 10.9. The molecule has 4 nitrogen and oxygen atoms in total. The van der Waals surface area contributed by atoms with Gasteiger partial charge in [0.1, 0.15) is 0 Å². The van der Waals surface area contributed by atoms with Crippen molar-refractivity contribution in [3.63, 3.8) is 0 Å². The Morgan fingerprint density at radius 1 is 1.37 bits per heavy atom. The van der Waals surface area contributed by atoms with Crippen LogP contribution in [0.1, 0.15) is 15.9 Å². The number of hydrogen-bond acceptors (Lipinski definition) is 3. The van der Waals surface area contributed by atoms with E-state index in [-0.39, 0.29) is 5.91 Å². The van der Waals surface area contributed by atoms with Crippen LogP contribution in [0.15, 0.2) is 24.3 Å². The van der Waals surface area contributed by atoms with E-state index in [4.69, 9.17) is 16.3 Å². The highest BCUT2D eigenvalue weighted by atomic mass is 35.5. The van der Waals surface area contributed by atoms with Gasteiger partial charge in [-0.25, -0.2) is 0 Å². The fourth-order valence-corrected chi connectivity index (χ4v) is 2.22. The predicted molar refractivity (Wildman–Crippen MR) is 75.6 cm³/mol. The molecular formula is C14H19ClN2O2. The van der Waals surface area contributed by atoms with Crippen LogP contribution in [0.4, 0.5) is 0 Å². The number of hydrogen-bond donors (Lipinski definition) is 1. The molecule has 2 rings (SSSR count). The Labute approximate surface area is 118 Å². The monoisotopic (exact) mass is 282 g/mol. The number of morpholine rings is 1. The van der Waals surface area contributed by atoms with Gasteiger partial charge < -0.3 is 10.1 Å². The van der Waals surface area contributed by atoms with Crippen LogP contribution in [0.25, 0.3) is 0 Å². The summed E-state index contributed by atoms with van der Waals surface area (Å²) in [6.07, 6.45) is 0. The highest BCUT2D eigenvalue weighted by molar-refractivity contribution is 6.17. The second kappa shape index (κ2) is 7.48. The number of carbonyl (C=O) groups excluding carboxylic acids is 1. The molecule has 1 aliphatic rings. The molecule has 0 aromatic heterocycles. The van der Waals surface area contributed by atoms with Crippen molar-refractivity contribution >= 4 is 17.5 Å². The number of carbonyl (C=O) groups is 1. The van der Waals surface area contributed by atoms with Crippen LogP contribution in [-0.2, 0) is 10.6 Å². The van der Waals surface area contributed by atoms with Gasteiger partial charge in [-0.1, -0.05) is 12.1 Å². The number of amides is 1. The first kappa shape index (κ1) is 14.3. The molecule has 0 atom stereocenters. The maximum atomic E-state index is 12.0. The number of halogens is 1.